The van der Waals surface area contributed by atoms with E-state index in [4.69, 9.17) is 4.74 Å². The normalized spacial score (nSPS) is 11.1. The molecule has 0 fully saturated rings. The van der Waals surface area contributed by atoms with Crippen LogP contribution >= 0.6 is 11.3 Å². The van der Waals surface area contributed by atoms with Crippen molar-refractivity contribution in [1.29, 1.82) is 0 Å². The Bertz CT molecular complexity index is 750. The number of rotatable bonds is 8. The topological polar surface area (TPSA) is 73.3 Å². The van der Waals surface area contributed by atoms with Gasteiger partial charge >= 0.3 is 6.61 Å². The molecule has 1 N–H and O–H groups in total. The molecule has 0 aliphatic heterocycles. The zero-order valence-electron chi connectivity index (χ0n) is 13.7. The van der Waals surface area contributed by atoms with E-state index in [9.17, 15) is 13.6 Å². The highest BCUT2D eigenvalue weighted by Gasteiger charge is 2.11. The molecule has 0 aliphatic carbocycles. The number of carbonyl (C=O) groups excluding carboxylic acids is 1. The summed E-state index contributed by atoms with van der Waals surface area (Å²) < 4.78 is 34.4. The van der Waals surface area contributed by atoms with E-state index in [1.54, 1.807) is 13.0 Å². The summed E-state index contributed by atoms with van der Waals surface area (Å²) in [5.74, 6) is -0.244. The number of benzene rings is 1. The molecule has 1 heterocycles. The van der Waals surface area contributed by atoms with E-state index in [1.165, 1.54) is 35.6 Å². The Balaban J connectivity index is 2.06. The first-order chi connectivity index (χ1) is 12.0. The summed E-state index contributed by atoms with van der Waals surface area (Å²) in [6.07, 6.45) is 3.59. The van der Waals surface area contributed by atoms with E-state index in [0.29, 0.717) is 17.3 Å². The highest BCUT2D eigenvalue weighted by Crippen LogP contribution is 2.30. The van der Waals surface area contributed by atoms with Crippen LogP contribution in [0.4, 0.5) is 13.9 Å². The second-order valence-corrected chi connectivity index (χ2v) is 5.76. The first kappa shape index (κ1) is 18.8. The van der Waals surface area contributed by atoms with Crippen LogP contribution < -0.4 is 14.8 Å². The number of carbonyl (C=O) groups is 1. The number of aryl methyl sites for hydroxylation is 1. The van der Waals surface area contributed by atoms with Gasteiger partial charge in [-0.2, -0.15) is 8.78 Å². The molecule has 0 aliphatic rings. The molecular formula is C16H17F2N3O3S. The Morgan fingerprint density at radius 3 is 2.76 bits per heavy atom. The highest BCUT2D eigenvalue weighted by atomic mass is 32.1. The van der Waals surface area contributed by atoms with Gasteiger partial charge in [0.05, 0.1) is 6.61 Å². The van der Waals surface area contributed by atoms with Crippen molar-refractivity contribution in [3.05, 3.63) is 34.8 Å². The maximum atomic E-state index is 12.4. The van der Waals surface area contributed by atoms with Crippen molar-refractivity contribution in [2.24, 2.45) is 0 Å². The summed E-state index contributed by atoms with van der Waals surface area (Å²) in [6, 6.07) is 4.43. The van der Waals surface area contributed by atoms with Gasteiger partial charge in [-0.25, -0.2) is 0 Å². The van der Waals surface area contributed by atoms with Gasteiger partial charge in [-0.3, -0.25) is 10.1 Å². The molecule has 0 bridgehead atoms. The molecule has 0 saturated heterocycles. The molecule has 1 amide bonds. The minimum Gasteiger partial charge on any atom is -0.490 e. The molecule has 0 atom stereocenters. The molecule has 0 spiro atoms. The second kappa shape index (κ2) is 9.07. The molecule has 0 unspecified atom stereocenters. The predicted molar refractivity (Wildman–Crippen MR) is 91.2 cm³/mol. The first-order valence-corrected chi connectivity index (χ1v) is 8.36. The van der Waals surface area contributed by atoms with Crippen LogP contribution in [0.3, 0.4) is 0 Å². The second-order valence-electron chi connectivity index (χ2n) is 4.69. The van der Waals surface area contributed by atoms with E-state index < -0.39 is 6.61 Å². The fourth-order valence-electron chi connectivity index (χ4n) is 1.86. The lowest BCUT2D eigenvalue weighted by Gasteiger charge is -2.11. The van der Waals surface area contributed by atoms with Gasteiger partial charge in [0.2, 0.25) is 11.0 Å². The molecule has 6 nitrogen and oxygen atoms in total. The molecule has 1 aromatic heterocycles. The van der Waals surface area contributed by atoms with Crippen LogP contribution in [0.15, 0.2) is 24.3 Å². The number of anilines is 1. The Labute approximate surface area is 147 Å². The lowest BCUT2D eigenvalue weighted by Crippen LogP contribution is -2.07. The van der Waals surface area contributed by atoms with Gasteiger partial charge in [-0.05, 0) is 37.1 Å². The number of nitrogens with zero attached hydrogens (tertiary/aromatic N) is 2. The van der Waals surface area contributed by atoms with Gasteiger partial charge in [0.25, 0.3) is 0 Å². The van der Waals surface area contributed by atoms with Gasteiger partial charge < -0.3 is 9.47 Å². The zero-order chi connectivity index (χ0) is 18.2. The number of amides is 1. The van der Waals surface area contributed by atoms with Gasteiger partial charge in [-0.1, -0.05) is 24.3 Å². The molecule has 9 heteroatoms. The van der Waals surface area contributed by atoms with E-state index in [2.05, 4.69) is 20.3 Å². The molecule has 134 valence electrons. The molecule has 25 heavy (non-hydrogen) atoms. The van der Waals surface area contributed by atoms with E-state index in [1.807, 2.05) is 6.92 Å². The summed E-state index contributed by atoms with van der Waals surface area (Å²) in [5.41, 5.74) is 0.603. The number of nitrogens with one attached hydrogen (secondary N) is 1. The maximum Gasteiger partial charge on any atom is 0.387 e. The van der Waals surface area contributed by atoms with Gasteiger partial charge in [0.1, 0.15) is 5.01 Å². The van der Waals surface area contributed by atoms with E-state index >= 15 is 0 Å². The van der Waals surface area contributed by atoms with Crippen LogP contribution in [-0.4, -0.2) is 29.3 Å². The highest BCUT2D eigenvalue weighted by molar-refractivity contribution is 7.15. The van der Waals surface area contributed by atoms with Crippen LogP contribution in [0.25, 0.3) is 6.08 Å². The molecular weight excluding hydrogens is 352 g/mol. The summed E-state index contributed by atoms with van der Waals surface area (Å²) in [4.78, 5) is 11.9. The number of hydrogen-bond donors (Lipinski definition) is 1. The van der Waals surface area contributed by atoms with Crippen molar-refractivity contribution in [3.63, 3.8) is 0 Å². The largest absolute Gasteiger partial charge is 0.490 e. The molecule has 0 saturated carbocycles. The summed E-state index contributed by atoms with van der Waals surface area (Å²) in [5, 5.41) is 11.6. The first-order valence-electron chi connectivity index (χ1n) is 7.55. The fourth-order valence-corrected chi connectivity index (χ4v) is 2.54. The Morgan fingerprint density at radius 1 is 1.32 bits per heavy atom. The Hall–Kier alpha value is -2.55. The van der Waals surface area contributed by atoms with Crippen molar-refractivity contribution < 1.29 is 23.0 Å². The maximum absolute atomic E-state index is 12.4. The summed E-state index contributed by atoms with van der Waals surface area (Å²) in [6.45, 7) is 1.04. The number of hydrogen-bond acceptors (Lipinski definition) is 6. The Morgan fingerprint density at radius 2 is 2.12 bits per heavy atom. The van der Waals surface area contributed by atoms with Crippen molar-refractivity contribution in [1.82, 2.24) is 10.2 Å². The van der Waals surface area contributed by atoms with Crippen LogP contribution in [0.2, 0.25) is 0 Å². The van der Waals surface area contributed by atoms with Crippen molar-refractivity contribution in [3.8, 4) is 11.5 Å². The van der Waals surface area contributed by atoms with Crippen molar-refractivity contribution in [2.75, 3.05) is 11.9 Å². The van der Waals surface area contributed by atoms with E-state index in [-0.39, 0.29) is 17.4 Å². The van der Waals surface area contributed by atoms with E-state index in [0.717, 1.165) is 11.4 Å². The van der Waals surface area contributed by atoms with Crippen molar-refractivity contribution in [2.45, 2.75) is 26.9 Å². The van der Waals surface area contributed by atoms with Crippen molar-refractivity contribution >= 4 is 28.5 Å². The fraction of sp³-hybridized carbons (Fsp3) is 0.312. The SMILES string of the molecule is CCOc1cc(/C=C/C(=O)Nc2nnc(CC)s2)ccc1OC(F)F. The van der Waals surface area contributed by atoms with Gasteiger partial charge in [0.15, 0.2) is 11.5 Å². The third-order valence-corrected chi connectivity index (χ3v) is 3.89. The standard InChI is InChI=1S/C16H17F2N3O3S/c1-3-14-20-21-16(25-14)19-13(22)8-6-10-5-7-11(24-15(17)18)12(9-10)23-4-2/h5-9,15H,3-4H2,1-2H3,(H,19,21,22)/b8-6+. The molecule has 1 aromatic carbocycles. The summed E-state index contributed by atoms with van der Waals surface area (Å²) >= 11 is 1.30. The van der Waals surface area contributed by atoms with Gasteiger partial charge in [-0.15, -0.1) is 10.2 Å². The lowest BCUT2D eigenvalue weighted by molar-refractivity contribution is -0.111. The third-order valence-electron chi connectivity index (χ3n) is 2.91. The average Bonchev–Trinajstić information content (AvgIpc) is 3.02. The van der Waals surface area contributed by atoms with Crippen LogP contribution in [-0.2, 0) is 11.2 Å². The smallest absolute Gasteiger partial charge is 0.387 e. The summed E-state index contributed by atoms with van der Waals surface area (Å²) in [7, 11) is 0. The number of halogens is 2. The molecule has 2 rings (SSSR count). The number of aromatic nitrogens is 2. The number of alkyl halides is 2. The zero-order valence-corrected chi connectivity index (χ0v) is 14.5. The average molecular weight is 369 g/mol. The quantitative estimate of drug-likeness (QED) is 0.718. The monoisotopic (exact) mass is 369 g/mol. The predicted octanol–water partition coefficient (Wildman–Crippen LogP) is 3.75. The van der Waals surface area contributed by atoms with Crippen LogP contribution in [0, 0.1) is 0 Å². The Kier molecular flexibility index (Phi) is 6.81. The van der Waals surface area contributed by atoms with Crippen LogP contribution in [0.5, 0.6) is 11.5 Å². The molecule has 2 aromatic rings. The lowest BCUT2D eigenvalue weighted by atomic mass is 10.2. The number of ether oxygens (including phenoxy) is 2. The van der Waals surface area contributed by atoms with Crippen LogP contribution in [0.1, 0.15) is 24.4 Å². The minimum absolute atomic E-state index is 0.0561. The molecule has 0 radical (unpaired) electrons. The van der Waals surface area contributed by atoms with Gasteiger partial charge in [0, 0.05) is 6.08 Å². The third kappa shape index (κ3) is 5.79. The minimum atomic E-state index is -2.94.